The summed E-state index contributed by atoms with van der Waals surface area (Å²) in [5.74, 6) is -0.595. The number of hydrogen-bond acceptors (Lipinski definition) is 2. The standard InChI is InChI=1S/C19H20N2O2/c1-14-8-10-17(11-9-14)13-20-19(23)18(21-15(2)22)12-16-6-4-3-5-7-16/h3-12H,13H2,1-2H3,(H,20,23)(H,21,22). The van der Waals surface area contributed by atoms with Gasteiger partial charge in [-0.25, -0.2) is 0 Å². The van der Waals surface area contributed by atoms with E-state index in [1.807, 2.05) is 61.5 Å². The second-order valence-electron chi connectivity index (χ2n) is 5.32. The molecule has 2 N–H and O–H groups in total. The average molecular weight is 308 g/mol. The molecule has 0 aromatic heterocycles. The first-order valence-corrected chi connectivity index (χ1v) is 7.42. The summed E-state index contributed by atoms with van der Waals surface area (Å²) in [5.41, 5.74) is 3.26. The SMILES string of the molecule is CC(=O)NC(=Cc1ccccc1)C(=O)NCc1ccc(C)cc1. The van der Waals surface area contributed by atoms with E-state index in [0.29, 0.717) is 6.54 Å². The molecule has 4 heteroatoms. The highest BCUT2D eigenvalue weighted by Gasteiger charge is 2.10. The molecule has 0 saturated heterocycles. The molecule has 0 spiro atoms. The van der Waals surface area contributed by atoms with Gasteiger partial charge in [0.05, 0.1) is 0 Å². The molecule has 0 unspecified atom stereocenters. The van der Waals surface area contributed by atoms with Crippen LogP contribution >= 0.6 is 0 Å². The summed E-state index contributed by atoms with van der Waals surface area (Å²) >= 11 is 0. The largest absolute Gasteiger partial charge is 0.347 e. The van der Waals surface area contributed by atoms with E-state index in [0.717, 1.165) is 11.1 Å². The van der Waals surface area contributed by atoms with Crippen molar-refractivity contribution >= 4 is 17.9 Å². The summed E-state index contributed by atoms with van der Waals surface area (Å²) in [6.45, 7) is 3.80. The lowest BCUT2D eigenvalue weighted by Gasteiger charge is -2.10. The van der Waals surface area contributed by atoms with Gasteiger partial charge in [-0.2, -0.15) is 0 Å². The maximum Gasteiger partial charge on any atom is 0.268 e. The van der Waals surface area contributed by atoms with Crippen LogP contribution in [-0.2, 0) is 16.1 Å². The predicted molar refractivity (Wildman–Crippen MR) is 91.3 cm³/mol. The summed E-state index contributed by atoms with van der Waals surface area (Å²) < 4.78 is 0. The zero-order valence-electron chi connectivity index (χ0n) is 13.3. The van der Waals surface area contributed by atoms with Crippen LogP contribution in [0, 0.1) is 6.92 Å². The fourth-order valence-corrected chi connectivity index (χ4v) is 2.05. The minimum atomic E-state index is -0.315. The maximum atomic E-state index is 12.3. The Labute approximate surface area is 136 Å². The van der Waals surface area contributed by atoms with Crippen molar-refractivity contribution in [1.82, 2.24) is 10.6 Å². The fourth-order valence-electron chi connectivity index (χ4n) is 2.05. The lowest BCUT2D eigenvalue weighted by Crippen LogP contribution is -2.33. The van der Waals surface area contributed by atoms with Crippen LogP contribution in [0.15, 0.2) is 60.3 Å². The quantitative estimate of drug-likeness (QED) is 0.835. The molecule has 0 aliphatic heterocycles. The third-order valence-electron chi connectivity index (χ3n) is 3.24. The highest BCUT2D eigenvalue weighted by Crippen LogP contribution is 2.06. The zero-order valence-corrected chi connectivity index (χ0v) is 13.3. The normalized spacial score (nSPS) is 11.0. The van der Waals surface area contributed by atoms with Gasteiger partial charge in [0, 0.05) is 13.5 Å². The molecule has 0 fully saturated rings. The zero-order chi connectivity index (χ0) is 16.7. The van der Waals surface area contributed by atoms with Crippen LogP contribution in [0.1, 0.15) is 23.6 Å². The number of nitrogens with one attached hydrogen (secondary N) is 2. The Morgan fingerprint density at radius 2 is 1.65 bits per heavy atom. The molecular weight excluding hydrogens is 288 g/mol. The van der Waals surface area contributed by atoms with Crippen molar-refractivity contribution in [3.63, 3.8) is 0 Å². The third-order valence-corrected chi connectivity index (χ3v) is 3.24. The van der Waals surface area contributed by atoms with E-state index in [4.69, 9.17) is 0 Å². The molecule has 0 atom stereocenters. The predicted octanol–water partition coefficient (Wildman–Crippen LogP) is 2.79. The fraction of sp³-hybridized carbons (Fsp3) is 0.158. The summed E-state index contributed by atoms with van der Waals surface area (Å²) in [5, 5.41) is 5.41. The molecule has 2 aromatic carbocycles. The van der Waals surface area contributed by atoms with Gasteiger partial charge in [0.25, 0.3) is 5.91 Å². The summed E-state index contributed by atoms with van der Waals surface area (Å²) in [6.07, 6.45) is 1.66. The number of carbonyl (C=O) groups excluding carboxylic acids is 2. The monoisotopic (exact) mass is 308 g/mol. The van der Waals surface area contributed by atoms with Crippen molar-refractivity contribution in [3.05, 3.63) is 77.0 Å². The molecular formula is C19H20N2O2. The Morgan fingerprint density at radius 3 is 2.26 bits per heavy atom. The van der Waals surface area contributed by atoms with Gasteiger partial charge in [0.1, 0.15) is 5.70 Å². The molecule has 0 aliphatic rings. The smallest absolute Gasteiger partial charge is 0.268 e. The summed E-state index contributed by atoms with van der Waals surface area (Å²) in [6, 6.07) is 17.3. The van der Waals surface area contributed by atoms with Crippen molar-refractivity contribution in [1.29, 1.82) is 0 Å². The molecule has 0 aliphatic carbocycles. The summed E-state index contributed by atoms with van der Waals surface area (Å²) in [7, 11) is 0. The first-order chi connectivity index (χ1) is 11.0. The van der Waals surface area contributed by atoms with Crippen molar-refractivity contribution < 1.29 is 9.59 Å². The minimum absolute atomic E-state index is 0.232. The Bertz CT molecular complexity index is 704. The number of benzene rings is 2. The molecule has 118 valence electrons. The molecule has 0 heterocycles. The average Bonchev–Trinajstić information content (AvgIpc) is 2.54. The number of aryl methyl sites for hydroxylation is 1. The van der Waals surface area contributed by atoms with E-state index in [1.54, 1.807) is 6.08 Å². The second-order valence-corrected chi connectivity index (χ2v) is 5.32. The maximum absolute atomic E-state index is 12.3. The van der Waals surface area contributed by atoms with Crippen LogP contribution in [0.3, 0.4) is 0 Å². The van der Waals surface area contributed by atoms with Gasteiger partial charge < -0.3 is 10.6 Å². The number of carbonyl (C=O) groups is 2. The lowest BCUT2D eigenvalue weighted by molar-refractivity contribution is -0.122. The Morgan fingerprint density at radius 1 is 1.00 bits per heavy atom. The molecule has 0 radical (unpaired) electrons. The van der Waals surface area contributed by atoms with Crippen LogP contribution in [0.25, 0.3) is 6.08 Å². The van der Waals surface area contributed by atoms with Crippen LogP contribution in [-0.4, -0.2) is 11.8 Å². The van der Waals surface area contributed by atoms with Crippen LogP contribution in [0.2, 0.25) is 0 Å². The molecule has 2 rings (SSSR count). The number of rotatable bonds is 5. The van der Waals surface area contributed by atoms with Crippen molar-refractivity contribution in [2.24, 2.45) is 0 Å². The van der Waals surface area contributed by atoms with Crippen LogP contribution in [0.4, 0.5) is 0 Å². The minimum Gasteiger partial charge on any atom is -0.347 e. The Hall–Kier alpha value is -2.88. The highest BCUT2D eigenvalue weighted by atomic mass is 16.2. The van der Waals surface area contributed by atoms with Crippen LogP contribution < -0.4 is 10.6 Å². The first kappa shape index (κ1) is 16.5. The van der Waals surface area contributed by atoms with Crippen molar-refractivity contribution in [3.8, 4) is 0 Å². The lowest BCUT2D eigenvalue weighted by atomic mass is 10.1. The number of amides is 2. The molecule has 2 amide bonds. The Balaban J connectivity index is 2.09. The molecule has 4 nitrogen and oxygen atoms in total. The Kier molecular flexibility index (Phi) is 5.69. The van der Waals surface area contributed by atoms with Gasteiger partial charge in [0.15, 0.2) is 0 Å². The van der Waals surface area contributed by atoms with E-state index >= 15 is 0 Å². The van der Waals surface area contributed by atoms with Crippen molar-refractivity contribution in [2.75, 3.05) is 0 Å². The van der Waals surface area contributed by atoms with E-state index in [1.165, 1.54) is 12.5 Å². The van der Waals surface area contributed by atoms with Gasteiger partial charge >= 0.3 is 0 Å². The van der Waals surface area contributed by atoms with Gasteiger partial charge in [-0.15, -0.1) is 0 Å². The molecule has 23 heavy (non-hydrogen) atoms. The molecule has 0 bridgehead atoms. The van der Waals surface area contributed by atoms with E-state index < -0.39 is 0 Å². The second kappa shape index (κ2) is 7.94. The van der Waals surface area contributed by atoms with Gasteiger partial charge in [-0.1, -0.05) is 60.2 Å². The van der Waals surface area contributed by atoms with Crippen molar-refractivity contribution in [2.45, 2.75) is 20.4 Å². The molecule has 0 saturated carbocycles. The van der Waals surface area contributed by atoms with Gasteiger partial charge in [-0.3, -0.25) is 9.59 Å². The van der Waals surface area contributed by atoms with E-state index in [-0.39, 0.29) is 17.5 Å². The van der Waals surface area contributed by atoms with E-state index in [9.17, 15) is 9.59 Å². The van der Waals surface area contributed by atoms with Gasteiger partial charge in [-0.05, 0) is 24.1 Å². The number of hydrogen-bond donors (Lipinski definition) is 2. The summed E-state index contributed by atoms with van der Waals surface area (Å²) in [4.78, 5) is 23.7. The first-order valence-electron chi connectivity index (χ1n) is 7.42. The van der Waals surface area contributed by atoms with Crippen LogP contribution in [0.5, 0.6) is 0 Å². The topological polar surface area (TPSA) is 58.2 Å². The molecule has 2 aromatic rings. The third kappa shape index (κ3) is 5.43. The highest BCUT2D eigenvalue weighted by molar-refractivity contribution is 6.00. The van der Waals surface area contributed by atoms with E-state index in [2.05, 4.69) is 10.6 Å². The van der Waals surface area contributed by atoms with Gasteiger partial charge in [0.2, 0.25) is 5.91 Å².